The number of amides is 1. The van der Waals surface area contributed by atoms with Gasteiger partial charge in [-0.15, -0.1) is 10.2 Å². The number of anilines is 2. The first-order valence-electron chi connectivity index (χ1n) is 8.90. The highest BCUT2D eigenvalue weighted by Gasteiger charge is 2.13. The average Bonchev–Trinajstić information content (AvgIpc) is 3.13. The van der Waals surface area contributed by atoms with Crippen LogP contribution in [0.2, 0.25) is 0 Å². The van der Waals surface area contributed by atoms with Crippen LogP contribution in [0.3, 0.4) is 0 Å². The minimum Gasteiger partial charge on any atom is -0.493 e. The number of rotatable bonds is 9. The molecule has 0 fully saturated rings. The second-order valence-electron chi connectivity index (χ2n) is 5.97. The SMILES string of the molecule is COc1ccc(NC(=O)CSc2nnc(N/N=C/c3ccccc3F)n2N)cc1OC. The molecule has 0 atom stereocenters. The number of nitrogens with one attached hydrogen (secondary N) is 2. The number of carbonyl (C=O) groups excluding carboxylic acids is 1. The third-order valence-electron chi connectivity index (χ3n) is 3.94. The summed E-state index contributed by atoms with van der Waals surface area (Å²) < 4.78 is 25.1. The van der Waals surface area contributed by atoms with Gasteiger partial charge in [0.05, 0.1) is 26.2 Å². The lowest BCUT2D eigenvalue weighted by atomic mass is 10.2. The zero-order valence-electron chi connectivity index (χ0n) is 16.7. The maximum absolute atomic E-state index is 13.6. The number of hydrazone groups is 1. The Morgan fingerprint density at radius 1 is 1.23 bits per heavy atom. The van der Waals surface area contributed by atoms with E-state index >= 15 is 0 Å². The molecule has 3 rings (SSSR count). The van der Waals surface area contributed by atoms with Crippen molar-refractivity contribution in [1.82, 2.24) is 14.9 Å². The molecule has 0 unspecified atom stereocenters. The van der Waals surface area contributed by atoms with Crippen molar-refractivity contribution in [2.24, 2.45) is 5.10 Å². The lowest BCUT2D eigenvalue weighted by molar-refractivity contribution is -0.113. The van der Waals surface area contributed by atoms with Crippen molar-refractivity contribution in [3.05, 3.63) is 53.8 Å². The summed E-state index contributed by atoms with van der Waals surface area (Å²) >= 11 is 1.09. The van der Waals surface area contributed by atoms with Crippen molar-refractivity contribution in [3.8, 4) is 11.5 Å². The number of nitrogen functional groups attached to an aromatic ring is 1. The zero-order chi connectivity index (χ0) is 22.2. The fourth-order valence-electron chi connectivity index (χ4n) is 2.43. The van der Waals surface area contributed by atoms with E-state index in [1.54, 1.807) is 36.4 Å². The van der Waals surface area contributed by atoms with E-state index in [1.807, 2.05) is 0 Å². The molecule has 12 heteroatoms. The van der Waals surface area contributed by atoms with Gasteiger partial charge in [-0.25, -0.2) is 14.5 Å². The highest BCUT2D eigenvalue weighted by atomic mass is 32.2. The third-order valence-corrected chi connectivity index (χ3v) is 4.88. The van der Waals surface area contributed by atoms with E-state index in [0.717, 1.165) is 16.4 Å². The van der Waals surface area contributed by atoms with Gasteiger partial charge in [-0.05, 0) is 18.2 Å². The number of ether oxygens (including phenoxy) is 2. The van der Waals surface area contributed by atoms with Gasteiger partial charge >= 0.3 is 0 Å². The maximum atomic E-state index is 13.6. The number of benzene rings is 2. The summed E-state index contributed by atoms with van der Waals surface area (Å²) in [4.78, 5) is 12.2. The summed E-state index contributed by atoms with van der Waals surface area (Å²) in [5.41, 5.74) is 3.45. The third kappa shape index (κ3) is 5.63. The van der Waals surface area contributed by atoms with Crippen LogP contribution >= 0.6 is 11.8 Å². The Labute approximate surface area is 181 Å². The molecular weight excluding hydrogens is 425 g/mol. The van der Waals surface area contributed by atoms with Gasteiger partial charge in [0, 0.05) is 17.3 Å². The summed E-state index contributed by atoms with van der Waals surface area (Å²) in [6.07, 6.45) is 1.30. The Morgan fingerprint density at radius 3 is 2.74 bits per heavy atom. The summed E-state index contributed by atoms with van der Waals surface area (Å²) in [7, 11) is 3.05. The molecular formula is C19H20FN7O3S. The number of nitrogens with two attached hydrogens (primary N) is 1. The monoisotopic (exact) mass is 445 g/mol. The molecule has 4 N–H and O–H groups in total. The number of thioether (sulfide) groups is 1. The molecule has 1 amide bonds. The number of nitrogens with zero attached hydrogens (tertiary/aromatic N) is 4. The highest BCUT2D eigenvalue weighted by Crippen LogP contribution is 2.29. The van der Waals surface area contributed by atoms with Crippen LogP contribution in [0.1, 0.15) is 5.56 Å². The number of methoxy groups -OCH3 is 2. The van der Waals surface area contributed by atoms with Crippen molar-refractivity contribution in [2.75, 3.05) is 36.6 Å². The first-order chi connectivity index (χ1) is 15.0. The predicted octanol–water partition coefficient (Wildman–Crippen LogP) is 2.33. The molecule has 0 spiro atoms. The van der Waals surface area contributed by atoms with Crippen molar-refractivity contribution >= 4 is 35.5 Å². The molecule has 10 nitrogen and oxygen atoms in total. The quantitative estimate of drug-likeness (QED) is 0.198. The Bertz CT molecular complexity index is 1090. The van der Waals surface area contributed by atoms with E-state index in [2.05, 4.69) is 26.0 Å². The smallest absolute Gasteiger partial charge is 0.264 e. The van der Waals surface area contributed by atoms with Gasteiger partial charge in [-0.2, -0.15) is 5.10 Å². The Balaban J connectivity index is 1.55. The molecule has 2 aromatic carbocycles. The molecule has 0 aliphatic rings. The zero-order valence-corrected chi connectivity index (χ0v) is 17.5. The highest BCUT2D eigenvalue weighted by molar-refractivity contribution is 7.99. The number of hydrogen-bond donors (Lipinski definition) is 3. The topological polar surface area (TPSA) is 129 Å². The van der Waals surface area contributed by atoms with Crippen LogP contribution in [0.5, 0.6) is 11.5 Å². The summed E-state index contributed by atoms with van der Waals surface area (Å²) in [6.45, 7) is 0. The van der Waals surface area contributed by atoms with E-state index in [1.165, 1.54) is 26.5 Å². The van der Waals surface area contributed by atoms with Crippen LogP contribution in [0, 0.1) is 5.82 Å². The minimum absolute atomic E-state index is 0.0438. The number of carbonyl (C=O) groups is 1. The van der Waals surface area contributed by atoms with Crippen LogP contribution in [0.4, 0.5) is 16.0 Å². The van der Waals surface area contributed by atoms with Crippen LogP contribution in [0.25, 0.3) is 0 Å². The Hall–Kier alpha value is -3.80. The lowest BCUT2D eigenvalue weighted by Gasteiger charge is -2.10. The van der Waals surface area contributed by atoms with Gasteiger partial charge in [0.2, 0.25) is 11.1 Å². The van der Waals surface area contributed by atoms with Crippen molar-refractivity contribution in [1.29, 1.82) is 0 Å². The van der Waals surface area contributed by atoms with Gasteiger partial charge in [0.15, 0.2) is 11.5 Å². The second-order valence-corrected chi connectivity index (χ2v) is 6.92. The lowest BCUT2D eigenvalue weighted by Crippen LogP contribution is -2.17. The molecule has 0 saturated carbocycles. The number of halogens is 1. The van der Waals surface area contributed by atoms with Gasteiger partial charge < -0.3 is 20.6 Å². The minimum atomic E-state index is -0.404. The predicted molar refractivity (Wildman–Crippen MR) is 117 cm³/mol. The second kappa shape index (κ2) is 10.3. The van der Waals surface area contributed by atoms with Crippen LogP contribution < -0.4 is 26.1 Å². The fourth-order valence-corrected chi connectivity index (χ4v) is 3.09. The molecule has 162 valence electrons. The number of hydrogen-bond acceptors (Lipinski definition) is 9. The summed E-state index contributed by atoms with van der Waals surface area (Å²) in [6, 6.07) is 11.2. The van der Waals surface area contributed by atoms with Gasteiger partial charge in [0.25, 0.3) is 5.95 Å². The van der Waals surface area contributed by atoms with E-state index in [9.17, 15) is 9.18 Å². The Kier molecular flexibility index (Phi) is 7.27. The van der Waals surface area contributed by atoms with Crippen LogP contribution in [-0.4, -0.2) is 47.0 Å². The van der Waals surface area contributed by atoms with Gasteiger partial charge in [-0.1, -0.05) is 30.0 Å². The normalized spacial score (nSPS) is 10.8. The Morgan fingerprint density at radius 2 is 2.00 bits per heavy atom. The van der Waals surface area contributed by atoms with Crippen molar-refractivity contribution in [2.45, 2.75) is 5.16 Å². The van der Waals surface area contributed by atoms with Gasteiger partial charge in [0.1, 0.15) is 5.82 Å². The number of aromatic nitrogens is 3. The molecule has 1 aromatic heterocycles. The molecule has 0 saturated heterocycles. The maximum Gasteiger partial charge on any atom is 0.264 e. The largest absolute Gasteiger partial charge is 0.493 e. The molecule has 0 radical (unpaired) electrons. The van der Waals surface area contributed by atoms with Gasteiger partial charge in [-0.3, -0.25) is 4.79 Å². The molecule has 0 aliphatic carbocycles. The van der Waals surface area contributed by atoms with E-state index in [0.29, 0.717) is 27.9 Å². The van der Waals surface area contributed by atoms with E-state index in [4.69, 9.17) is 15.3 Å². The van der Waals surface area contributed by atoms with Crippen molar-refractivity contribution in [3.63, 3.8) is 0 Å². The summed E-state index contributed by atoms with van der Waals surface area (Å²) in [5, 5.41) is 14.7. The molecule has 31 heavy (non-hydrogen) atoms. The molecule has 0 aliphatic heterocycles. The van der Waals surface area contributed by atoms with E-state index < -0.39 is 5.82 Å². The van der Waals surface area contributed by atoms with E-state index in [-0.39, 0.29) is 17.6 Å². The van der Waals surface area contributed by atoms with Crippen LogP contribution in [-0.2, 0) is 4.79 Å². The molecule has 0 bridgehead atoms. The average molecular weight is 445 g/mol. The first-order valence-corrected chi connectivity index (χ1v) is 9.89. The molecule has 3 aromatic rings. The summed E-state index contributed by atoms with van der Waals surface area (Å²) in [5.74, 6) is 6.48. The van der Waals surface area contributed by atoms with Crippen LogP contribution in [0.15, 0.2) is 52.7 Å². The van der Waals surface area contributed by atoms with Crippen molar-refractivity contribution < 1.29 is 18.7 Å². The first kappa shape index (κ1) is 21.9. The standard InChI is InChI=1S/C19H20FN7O3S/c1-29-15-8-7-13(9-16(15)30-2)23-17(28)11-31-19-26-25-18(27(19)21)24-22-10-12-5-3-4-6-14(12)20/h3-10H,11,21H2,1-2H3,(H,23,28)(H,24,25)/b22-10+. The fraction of sp³-hybridized carbons (Fsp3) is 0.158. The molecule has 1 heterocycles.